The number of likely N-dealkylation sites (tertiary alicyclic amines) is 1. The Bertz CT molecular complexity index is 848. The molecule has 2 aliphatic rings. The normalized spacial score (nSPS) is 20.5. The predicted octanol–water partition coefficient (Wildman–Crippen LogP) is 3.45. The van der Waals surface area contributed by atoms with Crippen LogP contribution in [-0.2, 0) is 4.79 Å². The number of carboxylic acid groups (broad SMARTS) is 1. The number of carbonyl (C=O) groups is 2. The SMILES string of the molecule is O=C(O)[C@H]1CCCN1C(=O)c1cc(C2CC2)nc2ccc(Cl)cc12. The number of carbonyl (C=O) groups excluding carboxylic acids is 1. The molecule has 2 heterocycles. The van der Waals surface area contributed by atoms with Gasteiger partial charge in [-0.15, -0.1) is 0 Å². The molecule has 0 unspecified atom stereocenters. The smallest absolute Gasteiger partial charge is 0.326 e. The largest absolute Gasteiger partial charge is 0.480 e. The second-order valence-electron chi connectivity index (χ2n) is 6.53. The average Bonchev–Trinajstić information content (AvgIpc) is 3.29. The van der Waals surface area contributed by atoms with E-state index in [0.29, 0.717) is 41.3 Å². The highest BCUT2D eigenvalue weighted by Gasteiger charge is 2.36. The zero-order chi connectivity index (χ0) is 16.8. The van der Waals surface area contributed by atoms with Crippen LogP contribution in [0.15, 0.2) is 24.3 Å². The van der Waals surface area contributed by atoms with Gasteiger partial charge in [-0.05, 0) is 49.9 Å². The Hall–Kier alpha value is -2.14. The number of rotatable bonds is 3. The highest BCUT2D eigenvalue weighted by molar-refractivity contribution is 6.31. The van der Waals surface area contributed by atoms with Crippen LogP contribution in [0.4, 0.5) is 0 Å². The van der Waals surface area contributed by atoms with Crippen molar-refractivity contribution < 1.29 is 14.7 Å². The zero-order valence-corrected chi connectivity index (χ0v) is 13.8. The summed E-state index contributed by atoms with van der Waals surface area (Å²) in [7, 11) is 0. The molecule has 1 atom stereocenters. The summed E-state index contributed by atoms with van der Waals surface area (Å²) in [5, 5.41) is 10.6. The van der Waals surface area contributed by atoms with Crippen molar-refractivity contribution in [1.82, 2.24) is 9.88 Å². The minimum absolute atomic E-state index is 0.239. The summed E-state index contributed by atoms with van der Waals surface area (Å²) in [5.74, 6) is -0.776. The van der Waals surface area contributed by atoms with E-state index in [1.54, 1.807) is 12.1 Å². The van der Waals surface area contributed by atoms with Crippen molar-refractivity contribution >= 4 is 34.4 Å². The van der Waals surface area contributed by atoms with Crippen molar-refractivity contribution in [2.24, 2.45) is 0 Å². The number of nitrogens with zero attached hydrogens (tertiary/aromatic N) is 2. The van der Waals surface area contributed by atoms with Gasteiger partial charge >= 0.3 is 5.97 Å². The maximum absolute atomic E-state index is 13.1. The fraction of sp³-hybridized carbons (Fsp3) is 0.389. The third-order valence-electron chi connectivity index (χ3n) is 4.82. The minimum Gasteiger partial charge on any atom is -0.480 e. The highest BCUT2D eigenvalue weighted by atomic mass is 35.5. The molecule has 0 radical (unpaired) electrons. The van der Waals surface area contributed by atoms with E-state index in [9.17, 15) is 14.7 Å². The molecule has 1 aliphatic carbocycles. The monoisotopic (exact) mass is 344 g/mol. The van der Waals surface area contributed by atoms with Crippen LogP contribution < -0.4 is 0 Å². The van der Waals surface area contributed by atoms with Gasteiger partial charge in [0.1, 0.15) is 6.04 Å². The summed E-state index contributed by atoms with van der Waals surface area (Å²) in [6.45, 7) is 0.471. The first-order valence-electron chi connectivity index (χ1n) is 8.18. The summed E-state index contributed by atoms with van der Waals surface area (Å²) in [4.78, 5) is 30.6. The quantitative estimate of drug-likeness (QED) is 0.925. The lowest BCUT2D eigenvalue weighted by Gasteiger charge is -2.22. The standard InChI is InChI=1S/C18H17ClN2O3/c19-11-5-6-14-12(8-11)13(9-15(20-14)10-3-4-10)17(22)21-7-1-2-16(21)18(23)24/h5-6,8-10,16H,1-4,7H2,(H,23,24)/t16-/m1/s1. The number of fused-ring (bicyclic) bond motifs is 1. The molecule has 1 aliphatic heterocycles. The van der Waals surface area contributed by atoms with Crippen molar-refractivity contribution in [3.8, 4) is 0 Å². The van der Waals surface area contributed by atoms with Gasteiger partial charge in [0.25, 0.3) is 5.91 Å². The van der Waals surface area contributed by atoms with Crippen molar-refractivity contribution in [2.75, 3.05) is 6.54 Å². The number of hydrogen-bond acceptors (Lipinski definition) is 3. The topological polar surface area (TPSA) is 70.5 Å². The van der Waals surface area contributed by atoms with Crippen LogP contribution in [-0.4, -0.2) is 39.5 Å². The maximum Gasteiger partial charge on any atom is 0.326 e. The molecule has 1 saturated heterocycles. The number of aliphatic carboxylic acids is 1. The van der Waals surface area contributed by atoms with Crippen LogP contribution in [0.1, 0.15) is 47.7 Å². The van der Waals surface area contributed by atoms with Crippen LogP contribution >= 0.6 is 11.6 Å². The summed E-state index contributed by atoms with van der Waals surface area (Å²) in [5.41, 5.74) is 2.16. The van der Waals surface area contributed by atoms with Crippen LogP contribution in [0.25, 0.3) is 10.9 Å². The van der Waals surface area contributed by atoms with Gasteiger partial charge in [-0.3, -0.25) is 9.78 Å². The van der Waals surface area contributed by atoms with Crippen LogP contribution in [0, 0.1) is 0 Å². The van der Waals surface area contributed by atoms with Gasteiger partial charge in [0.2, 0.25) is 0 Å². The first-order chi connectivity index (χ1) is 11.5. The lowest BCUT2D eigenvalue weighted by Crippen LogP contribution is -2.40. The zero-order valence-electron chi connectivity index (χ0n) is 13.0. The van der Waals surface area contributed by atoms with Crippen LogP contribution in [0.3, 0.4) is 0 Å². The molecule has 4 rings (SSSR count). The van der Waals surface area contributed by atoms with E-state index in [-0.39, 0.29) is 5.91 Å². The third kappa shape index (κ3) is 2.63. The molecule has 2 fully saturated rings. The Morgan fingerprint density at radius 2 is 2.00 bits per heavy atom. The van der Waals surface area contributed by atoms with E-state index in [1.807, 2.05) is 12.1 Å². The van der Waals surface area contributed by atoms with Gasteiger partial charge in [-0.2, -0.15) is 0 Å². The molecule has 1 aromatic heterocycles. The molecule has 1 amide bonds. The summed E-state index contributed by atoms with van der Waals surface area (Å²) >= 11 is 6.10. The predicted molar refractivity (Wildman–Crippen MR) is 90.4 cm³/mol. The number of halogens is 1. The van der Waals surface area contributed by atoms with Gasteiger partial charge in [-0.1, -0.05) is 11.6 Å². The van der Waals surface area contributed by atoms with Crippen molar-refractivity contribution in [3.05, 3.63) is 40.5 Å². The van der Waals surface area contributed by atoms with Crippen molar-refractivity contribution in [2.45, 2.75) is 37.6 Å². The second kappa shape index (κ2) is 5.74. The van der Waals surface area contributed by atoms with E-state index in [0.717, 1.165) is 24.1 Å². The van der Waals surface area contributed by atoms with Crippen molar-refractivity contribution in [1.29, 1.82) is 0 Å². The molecule has 5 nitrogen and oxygen atoms in total. The number of benzene rings is 1. The first kappa shape index (κ1) is 15.4. The number of pyridine rings is 1. The average molecular weight is 345 g/mol. The van der Waals surface area contributed by atoms with Crippen LogP contribution in [0.5, 0.6) is 0 Å². The number of amides is 1. The molecule has 2 aromatic rings. The van der Waals surface area contributed by atoms with E-state index < -0.39 is 12.0 Å². The fourth-order valence-electron chi connectivity index (χ4n) is 3.40. The molecule has 124 valence electrons. The number of hydrogen-bond donors (Lipinski definition) is 1. The van der Waals surface area contributed by atoms with Gasteiger partial charge in [0.15, 0.2) is 0 Å². The molecular weight excluding hydrogens is 328 g/mol. The fourth-order valence-corrected chi connectivity index (χ4v) is 3.58. The summed E-state index contributed by atoms with van der Waals surface area (Å²) in [6.07, 6.45) is 3.38. The van der Waals surface area contributed by atoms with Gasteiger partial charge in [0, 0.05) is 28.6 Å². The molecule has 0 bridgehead atoms. The number of aromatic nitrogens is 1. The molecular formula is C18H17ClN2O3. The molecule has 0 spiro atoms. The Morgan fingerprint density at radius 3 is 2.71 bits per heavy atom. The molecule has 6 heteroatoms. The van der Waals surface area contributed by atoms with Gasteiger partial charge in [0.05, 0.1) is 11.1 Å². The minimum atomic E-state index is -0.945. The Labute approximate surface area is 144 Å². The maximum atomic E-state index is 13.1. The molecule has 24 heavy (non-hydrogen) atoms. The molecule has 1 saturated carbocycles. The molecule has 1 N–H and O–H groups in total. The van der Waals surface area contributed by atoms with E-state index >= 15 is 0 Å². The number of carboxylic acids is 1. The van der Waals surface area contributed by atoms with E-state index in [4.69, 9.17) is 11.6 Å². The van der Waals surface area contributed by atoms with Crippen molar-refractivity contribution in [3.63, 3.8) is 0 Å². The first-order valence-corrected chi connectivity index (χ1v) is 8.56. The van der Waals surface area contributed by atoms with Crippen LogP contribution in [0.2, 0.25) is 5.02 Å². The van der Waals surface area contributed by atoms with Gasteiger partial charge in [-0.25, -0.2) is 4.79 Å². The Morgan fingerprint density at radius 1 is 1.21 bits per heavy atom. The van der Waals surface area contributed by atoms with E-state index in [2.05, 4.69) is 4.98 Å². The molecule has 1 aromatic carbocycles. The summed E-state index contributed by atoms with van der Waals surface area (Å²) in [6, 6.07) is 6.40. The summed E-state index contributed by atoms with van der Waals surface area (Å²) < 4.78 is 0. The Balaban J connectivity index is 1.83. The van der Waals surface area contributed by atoms with E-state index in [1.165, 1.54) is 4.90 Å². The Kier molecular flexibility index (Phi) is 3.68. The lowest BCUT2D eigenvalue weighted by molar-refractivity contribution is -0.141. The third-order valence-corrected chi connectivity index (χ3v) is 5.05. The second-order valence-corrected chi connectivity index (χ2v) is 6.96. The van der Waals surface area contributed by atoms with Gasteiger partial charge < -0.3 is 10.0 Å². The lowest BCUT2D eigenvalue weighted by atomic mass is 10.0. The highest BCUT2D eigenvalue weighted by Crippen LogP contribution is 2.40.